The summed E-state index contributed by atoms with van der Waals surface area (Å²) < 4.78 is 0.817. The van der Waals surface area contributed by atoms with E-state index in [0.717, 1.165) is 59.0 Å². The molecule has 0 spiro atoms. The van der Waals surface area contributed by atoms with Gasteiger partial charge in [-0.1, -0.05) is 11.6 Å². The summed E-state index contributed by atoms with van der Waals surface area (Å²) in [6.45, 7) is 4.40. The summed E-state index contributed by atoms with van der Waals surface area (Å²) in [6.07, 6.45) is 10.4. The molecular weight excluding hydrogens is 350 g/mol. The van der Waals surface area contributed by atoms with Crippen molar-refractivity contribution in [2.75, 3.05) is 0 Å². The number of hydrogen-bond acceptors (Lipinski definition) is 3. The Labute approximate surface area is 159 Å². The Kier molecular flexibility index (Phi) is 3.51. The minimum atomic E-state index is -0.0645. The molecule has 1 N–H and O–H groups in total. The number of nitrogens with one attached hydrogen (secondary N) is 1. The summed E-state index contributed by atoms with van der Waals surface area (Å²) in [7, 11) is 0. The minimum absolute atomic E-state index is 0.0330. The lowest BCUT2D eigenvalue weighted by Gasteiger charge is -2.55. The van der Waals surface area contributed by atoms with Crippen LogP contribution in [0.15, 0.2) is 12.1 Å². The average Bonchev–Trinajstić information content (AvgIpc) is 2.84. The third kappa shape index (κ3) is 2.70. The molecule has 0 atom stereocenters. The topological polar surface area (TPSA) is 29.1 Å². The highest BCUT2D eigenvalue weighted by Gasteiger charge is 2.54. The lowest BCUT2D eigenvalue weighted by atomic mass is 9.48. The summed E-state index contributed by atoms with van der Waals surface area (Å²) in [6, 6.07) is 2.03. The van der Waals surface area contributed by atoms with Gasteiger partial charge < -0.3 is 5.32 Å². The van der Waals surface area contributed by atoms with Gasteiger partial charge in [-0.25, -0.2) is 0 Å². The van der Waals surface area contributed by atoms with E-state index < -0.39 is 0 Å². The third-order valence-corrected chi connectivity index (χ3v) is 8.25. The predicted octanol–water partition coefficient (Wildman–Crippen LogP) is 5.45. The van der Waals surface area contributed by atoms with Crippen molar-refractivity contribution in [2.24, 2.45) is 23.2 Å². The van der Waals surface area contributed by atoms with Crippen molar-refractivity contribution in [3.8, 4) is 0 Å². The molecule has 5 aliphatic rings. The molecule has 4 bridgehead atoms. The first-order valence-corrected chi connectivity index (χ1v) is 10.8. The number of carbonyl (C=O) groups excluding carboxylic acids is 1. The fourth-order valence-electron chi connectivity index (χ4n) is 6.44. The van der Waals surface area contributed by atoms with Crippen LogP contribution in [0.4, 0.5) is 0 Å². The van der Waals surface area contributed by atoms with E-state index in [1.54, 1.807) is 11.3 Å². The molecule has 1 aromatic rings. The lowest BCUT2D eigenvalue weighted by molar-refractivity contribution is -0.138. The highest BCUT2D eigenvalue weighted by Crippen LogP contribution is 2.60. The number of halogens is 1. The number of ketones is 1. The molecule has 2 heterocycles. The first kappa shape index (κ1) is 16.4. The fraction of sp³-hybridized carbons (Fsp3) is 0.667. The van der Waals surface area contributed by atoms with Crippen LogP contribution in [-0.4, -0.2) is 11.3 Å². The molecule has 4 heteroatoms. The van der Waals surface area contributed by atoms with Gasteiger partial charge >= 0.3 is 0 Å². The second-order valence-corrected chi connectivity index (χ2v) is 11.5. The molecule has 0 radical (unpaired) electrons. The molecule has 2 nitrogen and oxygen atoms in total. The normalized spacial score (nSPS) is 39.3. The van der Waals surface area contributed by atoms with Crippen LogP contribution in [-0.2, 0) is 11.2 Å². The third-order valence-electron chi connectivity index (χ3n) is 6.98. The number of rotatable bonds is 2. The van der Waals surface area contributed by atoms with Crippen LogP contribution in [0.25, 0.3) is 5.70 Å². The van der Waals surface area contributed by atoms with Crippen molar-refractivity contribution >= 4 is 34.4 Å². The predicted molar refractivity (Wildman–Crippen MR) is 104 cm³/mol. The molecule has 1 aromatic heterocycles. The molecule has 25 heavy (non-hydrogen) atoms. The first-order valence-electron chi connectivity index (χ1n) is 9.65. The van der Waals surface area contributed by atoms with E-state index >= 15 is 0 Å². The van der Waals surface area contributed by atoms with E-state index in [0.29, 0.717) is 5.78 Å². The van der Waals surface area contributed by atoms with Gasteiger partial charge in [-0.2, -0.15) is 0 Å². The number of carbonyl (C=O) groups is 1. The van der Waals surface area contributed by atoms with Crippen molar-refractivity contribution in [2.45, 2.75) is 64.3 Å². The van der Waals surface area contributed by atoms with E-state index in [2.05, 4.69) is 19.2 Å². The summed E-state index contributed by atoms with van der Waals surface area (Å²) in [5.41, 5.74) is 2.04. The molecule has 1 aliphatic heterocycles. The Bertz CT molecular complexity index is 740. The van der Waals surface area contributed by atoms with Gasteiger partial charge in [0.05, 0.1) is 4.34 Å². The van der Waals surface area contributed by atoms with Crippen molar-refractivity contribution < 1.29 is 4.79 Å². The van der Waals surface area contributed by atoms with Crippen molar-refractivity contribution in [1.29, 1.82) is 0 Å². The van der Waals surface area contributed by atoms with Gasteiger partial charge in [0.25, 0.3) is 0 Å². The summed E-state index contributed by atoms with van der Waals surface area (Å²) >= 11 is 7.94. The van der Waals surface area contributed by atoms with Gasteiger partial charge in [-0.3, -0.25) is 4.79 Å². The average molecular weight is 376 g/mol. The summed E-state index contributed by atoms with van der Waals surface area (Å²) in [5.74, 6) is 2.78. The summed E-state index contributed by atoms with van der Waals surface area (Å²) in [4.78, 5) is 14.8. The second-order valence-electron chi connectivity index (χ2n) is 9.69. The lowest BCUT2D eigenvalue weighted by Crippen LogP contribution is -2.50. The number of thiophene rings is 1. The smallest absolute Gasteiger partial charge is 0.163 e. The SMILES string of the molecule is CC1(C)Cc2sc(Cl)cc2/C(=C/C(=O)C23CC4CC(CC(C4)C2)C3)N1. The second kappa shape index (κ2) is 5.36. The van der Waals surface area contributed by atoms with E-state index in [-0.39, 0.29) is 11.0 Å². The molecular formula is C21H26ClNOS. The Morgan fingerprint density at radius 3 is 2.40 bits per heavy atom. The zero-order valence-electron chi connectivity index (χ0n) is 15.0. The van der Waals surface area contributed by atoms with Gasteiger partial charge in [0.2, 0.25) is 0 Å². The highest BCUT2D eigenvalue weighted by molar-refractivity contribution is 7.16. The van der Waals surface area contributed by atoms with E-state index in [1.807, 2.05) is 12.1 Å². The van der Waals surface area contributed by atoms with E-state index in [4.69, 9.17) is 11.6 Å². The number of allylic oxidation sites excluding steroid dienone is 1. The maximum Gasteiger partial charge on any atom is 0.163 e. The molecule has 0 unspecified atom stereocenters. The standard InChI is InChI=1S/C21H26ClNOS/c1-20(2)11-17-15(6-19(22)25-17)16(23-20)7-18(24)21-8-12-3-13(9-21)5-14(4-12)10-21/h6-7,12-14,23H,3-5,8-11H2,1-2H3/b16-7-. The van der Waals surface area contributed by atoms with Crippen LogP contribution in [0, 0.1) is 23.2 Å². The van der Waals surface area contributed by atoms with Gasteiger partial charge in [0, 0.05) is 39.6 Å². The van der Waals surface area contributed by atoms with E-state index in [1.165, 1.54) is 24.1 Å². The molecule has 4 aliphatic carbocycles. The molecule has 134 valence electrons. The van der Waals surface area contributed by atoms with Crippen LogP contribution in [0.3, 0.4) is 0 Å². The first-order chi connectivity index (χ1) is 11.8. The largest absolute Gasteiger partial charge is 0.379 e. The number of hydrogen-bond donors (Lipinski definition) is 1. The minimum Gasteiger partial charge on any atom is -0.379 e. The monoisotopic (exact) mass is 375 g/mol. The zero-order valence-corrected chi connectivity index (χ0v) is 16.6. The van der Waals surface area contributed by atoms with Crippen molar-refractivity contribution in [3.63, 3.8) is 0 Å². The maximum atomic E-state index is 13.4. The Morgan fingerprint density at radius 2 is 1.80 bits per heavy atom. The molecule has 0 saturated heterocycles. The van der Waals surface area contributed by atoms with Gasteiger partial charge in [-0.05, 0) is 76.2 Å². The van der Waals surface area contributed by atoms with Crippen LogP contribution in [0.5, 0.6) is 0 Å². The molecule has 6 rings (SSSR count). The quantitative estimate of drug-likeness (QED) is 0.696. The fourth-order valence-corrected chi connectivity index (χ4v) is 7.96. The Balaban J connectivity index is 1.50. The molecule has 4 fully saturated rings. The van der Waals surface area contributed by atoms with Gasteiger partial charge in [0.1, 0.15) is 0 Å². The van der Waals surface area contributed by atoms with Crippen LogP contribution < -0.4 is 5.32 Å². The Hall–Kier alpha value is -0.800. The van der Waals surface area contributed by atoms with Crippen molar-refractivity contribution in [3.05, 3.63) is 26.9 Å². The number of fused-ring (bicyclic) bond motifs is 1. The molecule has 0 amide bonds. The Morgan fingerprint density at radius 1 is 1.20 bits per heavy atom. The van der Waals surface area contributed by atoms with Crippen molar-refractivity contribution in [1.82, 2.24) is 5.32 Å². The van der Waals surface area contributed by atoms with Gasteiger partial charge in [-0.15, -0.1) is 11.3 Å². The van der Waals surface area contributed by atoms with Crippen LogP contribution >= 0.6 is 22.9 Å². The molecule has 0 aromatic carbocycles. The van der Waals surface area contributed by atoms with Gasteiger partial charge in [0.15, 0.2) is 5.78 Å². The maximum absolute atomic E-state index is 13.4. The van der Waals surface area contributed by atoms with E-state index in [9.17, 15) is 4.79 Å². The highest BCUT2D eigenvalue weighted by atomic mass is 35.5. The summed E-state index contributed by atoms with van der Waals surface area (Å²) in [5, 5.41) is 3.61. The van der Waals surface area contributed by atoms with Crippen LogP contribution in [0.1, 0.15) is 62.8 Å². The van der Waals surface area contributed by atoms with Crippen LogP contribution in [0.2, 0.25) is 4.34 Å². The molecule has 4 saturated carbocycles. The zero-order chi connectivity index (χ0) is 17.4.